The van der Waals surface area contributed by atoms with E-state index in [0.29, 0.717) is 22.6 Å². The molecular formula is C15H16FN3O2. The largest absolute Gasteiger partial charge is 0.494 e. The summed E-state index contributed by atoms with van der Waals surface area (Å²) in [6, 6.07) is 9.26. The lowest BCUT2D eigenvalue weighted by Crippen LogP contribution is -2.17. The Morgan fingerprint density at radius 1 is 1.24 bits per heavy atom. The molecule has 2 aromatic rings. The zero-order chi connectivity index (χ0) is 15.4. The molecular weight excluding hydrogens is 273 g/mol. The van der Waals surface area contributed by atoms with Gasteiger partial charge in [-0.25, -0.2) is 4.39 Å². The van der Waals surface area contributed by atoms with Gasteiger partial charge in [-0.1, -0.05) is 0 Å². The van der Waals surface area contributed by atoms with Gasteiger partial charge in [-0.15, -0.1) is 0 Å². The van der Waals surface area contributed by atoms with Crippen molar-refractivity contribution < 1.29 is 13.9 Å². The lowest BCUT2D eigenvalue weighted by molar-refractivity contribution is 0.0963. The Hall–Kier alpha value is -2.76. The number of benzene rings is 2. The summed E-state index contributed by atoms with van der Waals surface area (Å²) in [5.41, 5.74) is 8.00. The summed E-state index contributed by atoms with van der Waals surface area (Å²) < 4.78 is 18.3. The monoisotopic (exact) mass is 289 g/mol. The normalized spacial score (nSPS) is 10.0. The third-order valence-electron chi connectivity index (χ3n) is 2.97. The highest BCUT2D eigenvalue weighted by Gasteiger charge is 2.09. The zero-order valence-electron chi connectivity index (χ0n) is 11.7. The molecule has 5 nitrogen and oxygen atoms in total. The minimum Gasteiger partial charge on any atom is -0.494 e. The van der Waals surface area contributed by atoms with Crippen molar-refractivity contribution in [1.82, 2.24) is 5.32 Å². The predicted molar refractivity (Wildman–Crippen MR) is 80.5 cm³/mol. The summed E-state index contributed by atoms with van der Waals surface area (Å²) in [4.78, 5) is 11.6. The molecule has 0 bridgehead atoms. The van der Waals surface area contributed by atoms with E-state index in [-0.39, 0.29) is 11.7 Å². The van der Waals surface area contributed by atoms with E-state index >= 15 is 0 Å². The lowest BCUT2D eigenvalue weighted by Gasteiger charge is -2.12. The second-order valence-corrected chi connectivity index (χ2v) is 4.36. The van der Waals surface area contributed by atoms with Gasteiger partial charge in [0.25, 0.3) is 5.91 Å². The number of carbonyl (C=O) groups excluding carboxylic acids is 1. The van der Waals surface area contributed by atoms with Crippen LogP contribution in [0.25, 0.3) is 0 Å². The molecule has 0 heterocycles. The van der Waals surface area contributed by atoms with E-state index in [1.165, 1.54) is 19.2 Å². The van der Waals surface area contributed by atoms with Crippen molar-refractivity contribution in [2.75, 3.05) is 25.2 Å². The number of hydrogen-bond donors (Lipinski definition) is 3. The van der Waals surface area contributed by atoms with Crippen molar-refractivity contribution in [1.29, 1.82) is 0 Å². The summed E-state index contributed by atoms with van der Waals surface area (Å²) in [5.74, 6) is -0.536. The minimum atomic E-state index is -0.449. The molecule has 21 heavy (non-hydrogen) atoms. The van der Waals surface area contributed by atoms with Crippen LogP contribution in [-0.4, -0.2) is 20.1 Å². The van der Waals surface area contributed by atoms with Crippen molar-refractivity contribution >= 4 is 23.0 Å². The highest BCUT2D eigenvalue weighted by atomic mass is 19.1. The molecule has 0 aliphatic rings. The van der Waals surface area contributed by atoms with Crippen LogP contribution in [0.2, 0.25) is 0 Å². The van der Waals surface area contributed by atoms with Crippen LogP contribution in [0.4, 0.5) is 21.5 Å². The minimum absolute atomic E-state index is 0.126. The maximum atomic E-state index is 13.4. The molecule has 4 N–H and O–H groups in total. The Labute approximate surface area is 121 Å². The fourth-order valence-corrected chi connectivity index (χ4v) is 1.84. The molecule has 0 saturated heterocycles. The Bertz CT molecular complexity index is 674. The number of nitrogens with one attached hydrogen (secondary N) is 2. The number of rotatable bonds is 4. The first-order valence-corrected chi connectivity index (χ1v) is 6.27. The molecule has 0 fully saturated rings. The fourth-order valence-electron chi connectivity index (χ4n) is 1.84. The number of ether oxygens (including phenoxy) is 1. The summed E-state index contributed by atoms with van der Waals surface area (Å²) in [5, 5.41) is 5.58. The summed E-state index contributed by atoms with van der Waals surface area (Å²) >= 11 is 0. The third kappa shape index (κ3) is 3.22. The smallest absolute Gasteiger partial charge is 0.251 e. The van der Waals surface area contributed by atoms with E-state index < -0.39 is 5.82 Å². The molecule has 0 atom stereocenters. The molecule has 0 radical (unpaired) electrons. The number of methoxy groups -OCH3 is 1. The molecule has 0 aliphatic carbocycles. The van der Waals surface area contributed by atoms with E-state index in [0.717, 1.165) is 0 Å². The van der Waals surface area contributed by atoms with Gasteiger partial charge in [-0.05, 0) is 30.3 Å². The Kier molecular flexibility index (Phi) is 4.27. The van der Waals surface area contributed by atoms with Crippen LogP contribution in [0.1, 0.15) is 10.4 Å². The fraction of sp³-hybridized carbons (Fsp3) is 0.133. The Morgan fingerprint density at radius 2 is 2.00 bits per heavy atom. The van der Waals surface area contributed by atoms with E-state index in [1.807, 2.05) is 0 Å². The molecule has 1 amide bonds. The van der Waals surface area contributed by atoms with Crippen LogP contribution >= 0.6 is 0 Å². The highest BCUT2D eigenvalue weighted by molar-refractivity contribution is 5.96. The second kappa shape index (κ2) is 6.13. The van der Waals surface area contributed by atoms with Crippen molar-refractivity contribution in [3.05, 3.63) is 47.8 Å². The number of nitrogen functional groups attached to an aromatic ring is 1. The molecule has 0 unspecified atom stereocenters. The number of anilines is 3. The third-order valence-corrected chi connectivity index (χ3v) is 2.97. The van der Waals surface area contributed by atoms with Gasteiger partial charge in [0.2, 0.25) is 0 Å². The maximum absolute atomic E-state index is 13.4. The summed E-state index contributed by atoms with van der Waals surface area (Å²) in [6.07, 6.45) is 0. The van der Waals surface area contributed by atoms with Crippen LogP contribution < -0.4 is 21.1 Å². The van der Waals surface area contributed by atoms with Gasteiger partial charge in [0.05, 0.1) is 18.5 Å². The van der Waals surface area contributed by atoms with E-state index in [2.05, 4.69) is 10.6 Å². The topological polar surface area (TPSA) is 76.4 Å². The van der Waals surface area contributed by atoms with Gasteiger partial charge in [-0.2, -0.15) is 0 Å². The Balaban J connectivity index is 2.32. The molecule has 0 aromatic heterocycles. The molecule has 0 aliphatic heterocycles. The first kappa shape index (κ1) is 14.6. The average molecular weight is 289 g/mol. The lowest BCUT2D eigenvalue weighted by atomic mass is 10.1. The molecule has 0 saturated carbocycles. The molecule has 2 aromatic carbocycles. The summed E-state index contributed by atoms with van der Waals surface area (Å²) in [6.45, 7) is 0. The van der Waals surface area contributed by atoms with Crippen LogP contribution in [-0.2, 0) is 0 Å². The van der Waals surface area contributed by atoms with Gasteiger partial charge in [0.1, 0.15) is 0 Å². The van der Waals surface area contributed by atoms with E-state index in [1.54, 1.807) is 31.3 Å². The van der Waals surface area contributed by atoms with Gasteiger partial charge < -0.3 is 21.1 Å². The van der Waals surface area contributed by atoms with Gasteiger partial charge >= 0.3 is 0 Å². The average Bonchev–Trinajstić information content (AvgIpc) is 2.50. The van der Waals surface area contributed by atoms with Crippen LogP contribution in [0.15, 0.2) is 36.4 Å². The molecule has 6 heteroatoms. The standard InChI is InChI=1S/C15H16FN3O2/c1-18-15(20)9-3-6-12(17)13(7-9)19-10-4-5-11(16)14(8-10)21-2/h3-8,19H,17H2,1-2H3,(H,18,20). The summed E-state index contributed by atoms with van der Waals surface area (Å²) in [7, 11) is 2.94. The number of halogens is 1. The Morgan fingerprint density at radius 3 is 2.67 bits per heavy atom. The van der Waals surface area contributed by atoms with Crippen molar-refractivity contribution in [3.63, 3.8) is 0 Å². The van der Waals surface area contributed by atoms with E-state index in [9.17, 15) is 9.18 Å². The number of carbonyl (C=O) groups is 1. The molecule has 2 rings (SSSR count). The van der Waals surface area contributed by atoms with Crippen molar-refractivity contribution in [2.45, 2.75) is 0 Å². The van der Waals surface area contributed by atoms with Gasteiger partial charge in [-0.3, -0.25) is 4.79 Å². The number of hydrogen-bond acceptors (Lipinski definition) is 4. The van der Waals surface area contributed by atoms with Crippen molar-refractivity contribution in [2.24, 2.45) is 0 Å². The van der Waals surface area contributed by atoms with Crippen molar-refractivity contribution in [3.8, 4) is 5.75 Å². The first-order chi connectivity index (χ1) is 10.0. The van der Waals surface area contributed by atoms with Crippen LogP contribution in [0.5, 0.6) is 5.75 Å². The number of nitrogens with two attached hydrogens (primary N) is 1. The zero-order valence-corrected chi connectivity index (χ0v) is 11.7. The first-order valence-electron chi connectivity index (χ1n) is 6.27. The SMILES string of the molecule is CNC(=O)c1ccc(N)c(Nc2ccc(F)c(OC)c2)c1. The number of amides is 1. The van der Waals surface area contributed by atoms with Crippen LogP contribution in [0, 0.1) is 5.82 Å². The molecule has 110 valence electrons. The highest BCUT2D eigenvalue weighted by Crippen LogP contribution is 2.28. The van der Waals surface area contributed by atoms with Gasteiger partial charge in [0, 0.05) is 24.4 Å². The second-order valence-electron chi connectivity index (χ2n) is 4.36. The quantitative estimate of drug-likeness (QED) is 0.756. The predicted octanol–water partition coefficient (Wildman–Crippen LogP) is 2.52. The van der Waals surface area contributed by atoms with Gasteiger partial charge in [0.15, 0.2) is 11.6 Å². The van der Waals surface area contributed by atoms with Crippen LogP contribution in [0.3, 0.4) is 0 Å². The maximum Gasteiger partial charge on any atom is 0.251 e. The molecule has 0 spiro atoms. The van der Waals surface area contributed by atoms with E-state index in [4.69, 9.17) is 10.5 Å².